The number of hydrogen-bond donors (Lipinski definition) is 1. The van der Waals surface area contributed by atoms with E-state index in [1.807, 2.05) is 23.1 Å². The highest BCUT2D eigenvalue weighted by Crippen LogP contribution is 2.17. The quantitative estimate of drug-likeness (QED) is 0.859. The van der Waals surface area contributed by atoms with Crippen molar-refractivity contribution in [2.75, 3.05) is 31.1 Å². The van der Waals surface area contributed by atoms with Crippen molar-refractivity contribution >= 4 is 17.5 Å². The Morgan fingerprint density at radius 2 is 1.80 bits per heavy atom. The molecule has 0 unspecified atom stereocenters. The highest BCUT2D eigenvalue weighted by molar-refractivity contribution is 5.90. The lowest BCUT2D eigenvalue weighted by Crippen LogP contribution is -2.53. The number of anilines is 1. The van der Waals surface area contributed by atoms with Crippen LogP contribution < -0.4 is 10.2 Å². The fraction of sp³-hybridized carbons (Fsp3) is 0.467. The van der Waals surface area contributed by atoms with Crippen molar-refractivity contribution in [1.29, 1.82) is 0 Å². The van der Waals surface area contributed by atoms with Crippen LogP contribution in [0.15, 0.2) is 30.3 Å². The molecule has 2 aliphatic rings. The van der Waals surface area contributed by atoms with E-state index in [0.717, 1.165) is 26.2 Å². The Morgan fingerprint density at radius 3 is 2.40 bits per heavy atom. The lowest BCUT2D eigenvalue weighted by atomic mass is 10.1. The first-order valence-electron chi connectivity index (χ1n) is 7.12. The Hall–Kier alpha value is -2.04. The molecule has 0 saturated carbocycles. The number of nitrogens with zero attached hydrogens (tertiary/aromatic N) is 2. The second kappa shape index (κ2) is 5.53. The van der Waals surface area contributed by atoms with Gasteiger partial charge >= 0.3 is 0 Å². The van der Waals surface area contributed by atoms with Gasteiger partial charge in [-0.1, -0.05) is 18.2 Å². The average Bonchev–Trinajstić information content (AvgIpc) is 2.94. The smallest absolute Gasteiger partial charge is 0.245 e. The molecule has 0 aromatic heterocycles. The van der Waals surface area contributed by atoms with E-state index in [2.05, 4.69) is 22.3 Å². The first-order valence-corrected chi connectivity index (χ1v) is 7.12. The van der Waals surface area contributed by atoms with E-state index in [-0.39, 0.29) is 17.9 Å². The predicted octanol–water partition coefficient (Wildman–Crippen LogP) is 0.614. The topological polar surface area (TPSA) is 52.7 Å². The molecule has 20 heavy (non-hydrogen) atoms. The molecule has 2 fully saturated rings. The number of amides is 2. The molecule has 1 aromatic carbocycles. The molecule has 0 bridgehead atoms. The standard InChI is InChI=1S/C15H19N3O2/c19-14-7-6-13(16-14)15(20)18-10-8-17(9-11-18)12-4-2-1-3-5-12/h1-5,13H,6-11H2,(H,16,19)/t13-/m1/s1. The molecule has 2 aliphatic heterocycles. The summed E-state index contributed by atoms with van der Waals surface area (Å²) in [6.07, 6.45) is 1.11. The number of nitrogens with one attached hydrogen (secondary N) is 1. The highest BCUT2D eigenvalue weighted by Gasteiger charge is 2.32. The van der Waals surface area contributed by atoms with Gasteiger partial charge in [-0.2, -0.15) is 0 Å². The first kappa shape index (κ1) is 13.0. The van der Waals surface area contributed by atoms with Crippen LogP contribution in [0.2, 0.25) is 0 Å². The Kier molecular flexibility index (Phi) is 3.58. The van der Waals surface area contributed by atoms with Crippen LogP contribution in [-0.4, -0.2) is 48.9 Å². The van der Waals surface area contributed by atoms with E-state index in [1.165, 1.54) is 5.69 Å². The Bertz CT molecular complexity index is 495. The zero-order valence-corrected chi connectivity index (χ0v) is 11.4. The molecule has 3 rings (SSSR count). The normalized spacial score (nSPS) is 22.8. The SMILES string of the molecule is O=C1CC[C@H](C(=O)N2CCN(c3ccccc3)CC2)N1. The van der Waals surface area contributed by atoms with Crippen molar-refractivity contribution in [3.8, 4) is 0 Å². The Labute approximate surface area is 118 Å². The van der Waals surface area contributed by atoms with Crippen molar-refractivity contribution in [1.82, 2.24) is 10.2 Å². The second-order valence-electron chi connectivity index (χ2n) is 5.31. The van der Waals surface area contributed by atoms with Crippen LogP contribution in [0.25, 0.3) is 0 Å². The number of rotatable bonds is 2. The minimum atomic E-state index is -0.300. The maximum atomic E-state index is 12.3. The third-order valence-electron chi connectivity index (χ3n) is 4.01. The molecule has 2 heterocycles. The van der Waals surface area contributed by atoms with E-state index in [1.54, 1.807) is 0 Å². The fourth-order valence-corrected chi connectivity index (χ4v) is 2.84. The predicted molar refractivity (Wildman–Crippen MR) is 76.4 cm³/mol. The minimum absolute atomic E-state index is 0.00808. The summed E-state index contributed by atoms with van der Waals surface area (Å²) in [6.45, 7) is 3.13. The van der Waals surface area contributed by atoms with Gasteiger partial charge in [0.25, 0.3) is 0 Å². The lowest BCUT2D eigenvalue weighted by molar-refractivity contribution is -0.134. The third-order valence-corrected chi connectivity index (χ3v) is 4.01. The van der Waals surface area contributed by atoms with E-state index >= 15 is 0 Å². The highest BCUT2D eigenvalue weighted by atomic mass is 16.2. The van der Waals surface area contributed by atoms with Crippen molar-refractivity contribution in [2.24, 2.45) is 0 Å². The first-order chi connectivity index (χ1) is 9.74. The summed E-state index contributed by atoms with van der Waals surface area (Å²) in [7, 11) is 0. The van der Waals surface area contributed by atoms with Crippen molar-refractivity contribution in [3.63, 3.8) is 0 Å². The van der Waals surface area contributed by atoms with Crippen LogP contribution in [0.5, 0.6) is 0 Å². The monoisotopic (exact) mass is 273 g/mol. The molecule has 0 radical (unpaired) electrons. The molecule has 2 saturated heterocycles. The van der Waals surface area contributed by atoms with Gasteiger partial charge in [0.2, 0.25) is 11.8 Å². The van der Waals surface area contributed by atoms with Gasteiger partial charge in [-0.3, -0.25) is 9.59 Å². The number of carbonyl (C=O) groups excluding carboxylic acids is 2. The largest absolute Gasteiger partial charge is 0.368 e. The van der Waals surface area contributed by atoms with Crippen molar-refractivity contribution < 1.29 is 9.59 Å². The second-order valence-corrected chi connectivity index (χ2v) is 5.31. The number of carbonyl (C=O) groups is 2. The molecular weight excluding hydrogens is 254 g/mol. The van der Waals surface area contributed by atoms with E-state index in [4.69, 9.17) is 0 Å². The van der Waals surface area contributed by atoms with Gasteiger partial charge in [-0.05, 0) is 18.6 Å². The summed E-state index contributed by atoms with van der Waals surface area (Å²) in [4.78, 5) is 27.6. The molecule has 2 amide bonds. The van der Waals surface area contributed by atoms with Crippen LogP contribution in [0.3, 0.4) is 0 Å². The number of para-hydroxylation sites is 1. The van der Waals surface area contributed by atoms with E-state index in [0.29, 0.717) is 12.8 Å². The summed E-state index contributed by atoms with van der Waals surface area (Å²) in [5.74, 6) is 0.0647. The van der Waals surface area contributed by atoms with Gasteiger partial charge in [-0.15, -0.1) is 0 Å². The van der Waals surface area contributed by atoms with Gasteiger partial charge in [0.15, 0.2) is 0 Å². The minimum Gasteiger partial charge on any atom is -0.368 e. The molecule has 0 aliphatic carbocycles. The number of hydrogen-bond acceptors (Lipinski definition) is 3. The number of piperazine rings is 1. The summed E-state index contributed by atoms with van der Waals surface area (Å²) in [6, 6.07) is 9.95. The molecule has 0 spiro atoms. The van der Waals surface area contributed by atoms with Crippen LogP contribution in [0.4, 0.5) is 5.69 Å². The van der Waals surface area contributed by atoms with Crippen molar-refractivity contribution in [2.45, 2.75) is 18.9 Å². The van der Waals surface area contributed by atoms with Crippen LogP contribution in [0, 0.1) is 0 Å². The summed E-state index contributed by atoms with van der Waals surface area (Å²) < 4.78 is 0. The van der Waals surface area contributed by atoms with Crippen LogP contribution in [0.1, 0.15) is 12.8 Å². The maximum absolute atomic E-state index is 12.3. The molecular formula is C15H19N3O2. The fourth-order valence-electron chi connectivity index (χ4n) is 2.84. The molecule has 5 heteroatoms. The summed E-state index contributed by atoms with van der Waals surface area (Å²) in [5.41, 5.74) is 1.20. The van der Waals surface area contributed by atoms with E-state index in [9.17, 15) is 9.59 Å². The van der Waals surface area contributed by atoms with Crippen LogP contribution in [-0.2, 0) is 9.59 Å². The summed E-state index contributed by atoms with van der Waals surface area (Å²) in [5, 5.41) is 2.75. The van der Waals surface area contributed by atoms with Gasteiger partial charge in [-0.25, -0.2) is 0 Å². The maximum Gasteiger partial charge on any atom is 0.245 e. The molecule has 1 aromatic rings. The average molecular weight is 273 g/mol. The third kappa shape index (κ3) is 2.61. The number of benzene rings is 1. The molecule has 106 valence electrons. The molecule has 1 N–H and O–H groups in total. The van der Waals surface area contributed by atoms with Gasteiger partial charge < -0.3 is 15.1 Å². The van der Waals surface area contributed by atoms with E-state index < -0.39 is 0 Å². The molecule has 1 atom stereocenters. The van der Waals surface area contributed by atoms with Gasteiger partial charge in [0, 0.05) is 38.3 Å². The molecule has 5 nitrogen and oxygen atoms in total. The zero-order chi connectivity index (χ0) is 13.9. The van der Waals surface area contributed by atoms with Gasteiger partial charge in [0.1, 0.15) is 6.04 Å². The zero-order valence-electron chi connectivity index (χ0n) is 11.4. The van der Waals surface area contributed by atoms with Gasteiger partial charge in [0.05, 0.1) is 0 Å². The van der Waals surface area contributed by atoms with Crippen LogP contribution >= 0.6 is 0 Å². The summed E-state index contributed by atoms with van der Waals surface area (Å²) >= 11 is 0. The lowest BCUT2D eigenvalue weighted by Gasteiger charge is -2.37. The Morgan fingerprint density at radius 1 is 1.10 bits per heavy atom. The van der Waals surface area contributed by atoms with Crippen molar-refractivity contribution in [3.05, 3.63) is 30.3 Å². The Balaban J connectivity index is 1.56.